The lowest BCUT2D eigenvalue weighted by Crippen LogP contribution is -2.35. The number of ether oxygens (including phenoxy) is 1. The van der Waals surface area contributed by atoms with E-state index in [0.29, 0.717) is 28.3 Å². The van der Waals surface area contributed by atoms with E-state index in [1.165, 1.54) is 0 Å². The van der Waals surface area contributed by atoms with Gasteiger partial charge in [-0.2, -0.15) is 0 Å². The minimum Gasteiger partial charge on any atom is -0.489 e. The summed E-state index contributed by atoms with van der Waals surface area (Å²) in [6, 6.07) is 12.3. The molecule has 0 aliphatic carbocycles. The van der Waals surface area contributed by atoms with E-state index in [4.69, 9.17) is 16.2 Å². The summed E-state index contributed by atoms with van der Waals surface area (Å²) < 4.78 is 6.15. The Kier molecular flexibility index (Phi) is 7.67. The molecule has 0 aromatic heterocycles. The van der Waals surface area contributed by atoms with Crippen molar-refractivity contribution >= 4 is 17.2 Å². The van der Waals surface area contributed by atoms with E-state index in [0.717, 1.165) is 32.5 Å². The van der Waals surface area contributed by atoms with Crippen LogP contribution in [0.1, 0.15) is 49.5 Å². The maximum Gasteiger partial charge on any atom is 0.196 e. The molecule has 27 heavy (non-hydrogen) atoms. The first-order valence-electron chi connectivity index (χ1n) is 9.64. The van der Waals surface area contributed by atoms with Gasteiger partial charge in [0.05, 0.1) is 16.9 Å². The van der Waals surface area contributed by atoms with Crippen molar-refractivity contribution in [2.24, 2.45) is 0 Å². The normalized spacial score (nSPS) is 12.1. The zero-order valence-corrected chi connectivity index (χ0v) is 16.6. The number of hydrogen-bond donors (Lipinski definition) is 2. The average Bonchev–Trinajstić information content (AvgIpc) is 2.64. The van der Waals surface area contributed by atoms with Gasteiger partial charge in [0.25, 0.3) is 0 Å². The predicted octanol–water partition coefficient (Wildman–Crippen LogP) is 3.97. The van der Waals surface area contributed by atoms with Crippen molar-refractivity contribution in [3.05, 3.63) is 53.6 Å². The van der Waals surface area contributed by atoms with Crippen molar-refractivity contribution in [1.29, 1.82) is 0 Å². The zero-order chi connectivity index (χ0) is 19.8. The fraction of sp³-hybridized carbons (Fsp3) is 0.409. The number of carbonyl (C=O) groups excluding carboxylic acids is 1. The predicted molar refractivity (Wildman–Crippen MR) is 112 cm³/mol. The highest BCUT2D eigenvalue weighted by Gasteiger charge is 2.18. The Balaban J connectivity index is 2.17. The van der Waals surface area contributed by atoms with Crippen molar-refractivity contribution in [3.63, 3.8) is 0 Å². The van der Waals surface area contributed by atoms with Gasteiger partial charge in [-0.1, -0.05) is 26.0 Å². The fourth-order valence-electron chi connectivity index (χ4n) is 3.17. The van der Waals surface area contributed by atoms with E-state index >= 15 is 0 Å². The van der Waals surface area contributed by atoms with Crippen molar-refractivity contribution in [1.82, 2.24) is 4.90 Å². The van der Waals surface area contributed by atoms with Gasteiger partial charge in [-0.25, -0.2) is 0 Å². The second-order valence-electron chi connectivity index (χ2n) is 6.90. The molecule has 0 fully saturated rings. The Morgan fingerprint density at radius 1 is 1.04 bits per heavy atom. The molecule has 2 aromatic carbocycles. The van der Waals surface area contributed by atoms with Crippen LogP contribution in [0.3, 0.4) is 0 Å². The van der Waals surface area contributed by atoms with E-state index in [9.17, 15) is 4.79 Å². The fourth-order valence-corrected chi connectivity index (χ4v) is 3.17. The van der Waals surface area contributed by atoms with Crippen molar-refractivity contribution in [2.75, 3.05) is 31.1 Å². The van der Waals surface area contributed by atoms with E-state index in [2.05, 4.69) is 18.7 Å². The molecule has 0 radical (unpaired) electrons. The van der Waals surface area contributed by atoms with Gasteiger partial charge in [-0.05, 0) is 63.2 Å². The van der Waals surface area contributed by atoms with E-state index in [-0.39, 0.29) is 11.9 Å². The third-order valence-corrected chi connectivity index (χ3v) is 4.40. The third kappa shape index (κ3) is 5.73. The largest absolute Gasteiger partial charge is 0.489 e. The van der Waals surface area contributed by atoms with Crippen LogP contribution < -0.4 is 16.2 Å². The highest BCUT2D eigenvalue weighted by molar-refractivity contribution is 6.11. The Bertz CT molecular complexity index is 755. The van der Waals surface area contributed by atoms with Gasteiger partial charge in [0.1, 0.15) is 11.9 Å². The highest BCUT2D eigenvalue weighted by atomic mass is 16.5. The smallest absolute Gasteiger partial charge is 0.196 e. The second-order valence-corrected chi connectivity index (χ2v) is 6.90. The molecule has 2 rings (SSSR count). The van der Waals surface area contributed by atoms with Gasteiger partial charge in [-0.15, -0.1) is 0 Å². The standard InChI is InChI=1S/C22H31N3O2/c1-4-12-25(13-5-2)15-16(3)27-21-9-7-6-8-18(21)22(26)17-10-11-19(23)20(24)14-17/h6-11,14,16H,4-5,12-13,15,23-24H2,1-3H3. The molecule has 0 spiro atoms. The Hall–Kier alpha value is -2.53. The number of hydrogen-bond acceptors (Lipinski definition) is 5. The number of para-hydroxylation sites is 1. The molecular weight excluding hydrogens is 338 g/mol. The van der Waals surface area contributed by atoms with Crippen LogP contribution in [0.4, 0.5) is 11.4 Å². The number of benzene rings is 2. The summed E-state index contributed by atoms with van der Waals surface area (Å²) in [5, 5.41) is 0. The molecule has 5 nitrogen and oxygen atoms in total. The SMILES string of the molecule is CCCN(CCC)CC(C)Oc1ccccc1C(=O)c1ccc(N)c(N)c1. The lowest BCUT2D eigenvalue weighted by molar-refractivity contribution is 0.102. The topological polar surface area (TPSA) is 81.6 Å². The van der Waals surface area contributed by atoms with Crippen LogP contribution in [0.15, 0.2) is 42.5 Å². The first-order valence-corrected chi connectivity index (χ1v) is 9.64. The number of carbonyl (C=O) groups is 1. The van der Waals surface area contributed by atoms with Crippen molar-refractivity contribution in [2.45, 2.75) is 39.7 Å². The van der Waals surface area contributed by atoms with E-state index in [1.807, 2.05) is 25.1 Å². The molecule has 2 aromatic rings. The summed E-state index contributed by atoms with van der Waals surface area (Å²) >= 11 is 0. The van der Waals surface area contributed by atoms with Crippen LogP contribution >= 0.6 is 0 Å². The molecule has 4 N–H and O–H groups in total. The molecule has 1 unspecified atom stereocenters. The van der Waals surface area contributed by atoms with Crippen LogP contribution in [-0.2, 0) is 0 Å². The average molecular weight is 370 g/mol. The maximum atomic E-state index is 13.0. The van der Waals surface area contributed by atoms with Crippen LogP contribution in [0, 0.1) is 0 Å². The van der Waals surface area contributed by atoms with E-state index < -0.39 is 0 Å². The number of ketones is 1. The Morgan fingerprint density at radius 2 is 1.70 bits per heavy atom. The molecule has 1 atom stereocenters. The number of rotatable bonds is 10. The number of anilines is 2. The van der Waals surface area contributed by atoms with Crippen LogP contribution in [0.5, 0.6) is 5.75 Å². The molecule has 0 heterocycles. The Labute approximate surface area is 162 Å². The van der Waals surface area contributed by atoms with Gasteiger partial charge in [-0.3, -0.25) is 9.69 Å². The summed E-state index contributed by atoms with van der Waals surface area (Å²) in [7, 11) is 0. The molecule has 0 saturated carbocycles. The molecule has 0 aliphatic heterocycles. The maximum absolute atomic E-state index is 13.0. The summed E-state index contributed by atoms with van der Waals surface area (Å²) in [6.07, 6.45) is 2.20. The molecule has 146 valence electrons. The van der Waals surface area contributed by atoms with Gasteiger partial charge in [0.15, 0.2) is 5.78 Å². The molecule has 0 aliphatic rings. The monoisotopic (exact) mass is 369 g/mol. The molecule has 0 saturated heterocycles. The summed E-state index contributed by atoms with van der Waals surface area (Å²) in [5.41, 5.74) is 13.5. The number of nitrogens with two attached hydrogens (primary N) is 2. The van der Waals surface area contributed by atoms with Crippen molar-refractivity contribution < 1.29 is 9.53 Å². The second kappa shape index (κ2) is 9.97. The lowest BCUT2D eigenvalue weighted by atomic mass is 10.0. The molecular formula is C22H31N3O2. The van der Waals surface area contributed by atoms with E-state index in [1.54, 1.807) is 24.3 Å². The highest BCUT2D eigenvalue weighted by Crippen LogP contribution is 2.25. The summed E-state index contributed by atoms with van der Waals surface area (Å²) in [4.78, 5) is 15.4. The number of nitrogen functional groups attached to an aromatic ring is 2. The minimum atomic E-state index is -0.122. The molecule has 5 heteroatoms. The van der Waals surface area contributed by atoms with Crippen LogP contribution in [0.2, 0.25) is 0 Å². The third-order valence-electron chi connectivity index (χ3n) is 4.40. The Morgan fingerprint density at radius 3 is 2.33 bits per heavy atom. The van der Waals surface area contributed by atoms with Gasteiger partial charge < -0.3 is 16.2 Å². The summed E-state index contributed by atoms with van der Waals surface area (Å²) in [5.74, 6) is 0.474. The van der Waals surface area contributed by atoms with Crippen LogP contribution in [-0.4, -0.2) is 36.4 Å². The number of nitrogens with zero attached hydrogens (tertiary/aromatic N) is 1. The van der Waals surface area contributed by atoms with Gasteiger partial charge in [0, 0.05) is 12.1 Å². The summed E-state index contributed by atoms with van der Waals surface area (Å²) in [6.45, 7) is 9.33. The van der Waals surface area contributed by atoms with Gasteiger partial charge >= 0.3 is 0 Å². The quantitative estimate of drug-likeness (QED) is 0.489. The van der Waals surface area contributed by atoms with Crippen LogP contribution in [0.25, 0.3) is 0 Å². The minimum absolute atomic E-state index is 0.0199. The lowest BCUT2D eigenvalue weighted by Gasteiger charge is -2.26. The molecule has 0 bridgehead atoms. The van der Waals surface area contributed by atoms with Crippen molar-refractivity contribution in [3.8, 4) is 5.75 Å². The van der Waals surface area contributed by atoms with Gasteiger partial charge in [0.2, 0.25) is 0 Å². The molecule has 0 amide bonds. The first kappa shape index (κ1) is 20.8. The zero-order valence-electron chi connectivity index (χ0n) is 16.6. The first-order chi connectivity index (χ1) is 13.0.